The van der Waals surface area contributed by atoms with Gasteiger partial charge >= 0.3 is 5.97 Å². The summed E-state index contributed by atoms with van der Waals surface area (Å²) in [5.74, 6) is -1.98. The number of esters is 1. The minimum Gasteiger partial charge on any atom is -0.454 e. The minimum absolute atomic E-state index is 0.00591. The molecule has 0 fully saturated rings. The first kappa shape index (κ1) is 19.7. The molecule has 0 heterocycles. The van der Waals surface area contributed by atoms with Crippen molar-refractivity contribution in [2.45, 2.75) is 46.1 Å². The molecule has 1 atom stereocenters. The average Bonchev–Trinajstić information content (AvgIpc) is 2.48. The number of nitrogens with one attached hydrogen (secondary N) is 1. The van der Waals surface area contributed by atoms with Crippen molar-refractivity contribution in [3.63, 3.8) is 0 Å². The summed E-state index contributed by atoms with van der Waals surface area (Å²) in [5.41, 5.74) is 6.52. The number of rotatable bonds is 6. The molecule has 1 rings (SSSR count). The topological polar surface area (TPSA) is 98.5 Å². The maximum Gasteiger partial charge on any atom is 0.329 e. The molecule has 0 aliphatic heterocycles. The number of ether oxygens (including phenoxy) is 1. The van der Waals surface area contributed by atoms with Crippen LogP contribution < -0.4 is 11.1 Å². The van der Waals surface area contributed by atoms with Crippen LogP contribution in [0.2, 0.25) is 0 Å². The summed E-state index contributed by atoms with van der Waals surface area (Å²) in [6.45, 7) is 9.32. The first-order valence-electron chi connectivity index (χ1n) is 7.88. The summed E-state index contributed by atoms with van der Waals surface area (Å²) in [5, 5.41) is 2.65. The van der Waals surface area contributed by atoms with E-state index in [9.17, 15) is 14.4 Å². The number of hydrogen-bond acceptors (Lipinski definition) is 4. The first-order chi connectivity index (χ1) is 11.0. The van der Waals surface area contributed by atoms with Crippen LogP contribution in [0.1, 0.15) is 50.5 Å². The number of hydrogen-bond donors (Lipinski definition) is 2. The lowest BCUT2D eigenvalue weighted by Crippen LogP contribution is -2.46. The fourth-order valence-electron chi connectivity index (χ4n) is 2.08. The van der Waals surface area contributed by atoms with Crippen molar-refractivity contribution in [3.05, 3.63) is 35.4 Å². The Hall–Kier alpha value is -2.37. The summed E-state index contributed by atoms with van der Waals surface area (Å²) < 4.78 is 4.80. The van der Waals surface area contributed by atoms with Gasteiger partial charge in [-0.05, 0) is 29.0 Å². The summed E-state index contributed by atoms with van der Waals surface area (Å²) in [7, 11) is 0. The van der Waals surface area contributed by atoms with Gasteiger partial charge in [0, 0.05) is 5.56 Å². The van der Waals surface area contributed by atoms with Gasteiger partial charge in [-0.25, -0.2) is 4.79 Å². The van der Waals surface area contributed by atoms with Crippen LogP contribution in [0.4, 0.5) is 0 Å². The van der Waals surface area contributed by atoms with Crippen molar-refractivity contribution in [2.75, 3.05) is 6.61 Å². The number of benzene rings is 1. The van der Waals surface area contributed by atoms with Crippen molar-refractivity contribution in [2.24, 2.45) is 11.7 Å². The molecule has 0 spiro atoms. The standard InChI is InChI=1S/C18H26N2O4/c1-11(2)15(17(23)24-10-14(19)21)20-16(22)12-6-8-13(9-7-12)18(3,4)5/h6-9,11,15H,10H2,1-5H3,(H2,19,21)(H,20,22)/t15-/m0/s1. The maximum absolute atomic E-state index is 12.4. The Morgan fingerprint density at radius 3 is 2.08 bits per heavy atom. The Balaban J connectivity index is 2.82. The molecule has 0 bridgehead atoms. The Bertz CT molecular complexity index is 600. The molecule has 3 N–H and O–H groups in total. The molecule has 6 heteroatoms. The second-order valence-electron chi connectivity index (χ2n) is 7.10. The van der Waals surface area contributed by atoms with E-state index in [0.29, 0.717) is 5.56 Å². The Morgan fingerprint density at radius 2 is 1.67 bits per heavy atom. The molecular weight excluding hydrogens is 308 g/mol. The predicted molar refractivity (Wildman–Crippen MR) is 91.4 cm³/mol. The van der Waals surface area contributed by atoms with Gasteiger partial charge in [-0.3, -0.25) is 9.59 Å². The summed E-state index contributed by atoms with van der Waals surface area (Å²) >= 11 is 0. The fraction of sp³-hybridized carbons (Fsp3) is 0.500. The van der Waals surface area contributed by atoms with E-state index in [1.165, 1.54) is 0 Å². The SMILES string of the molecule is CC(C)[C@H](NC(=O)c1ccc(C(C)(C)C)cc1)C(=O)OCC(N)=O. The van der Waals surface area contributed by atoms with Gasteiger partial charge < -0.3 is 15.8 Å². The van der Waals surface area contributed by atoms with Crippen molar-refractivity contribution in [1.82, 2.24) is 5.32 Å². The molecule has 24 heavy (non-hydrogen) atoms. The first-order valence-corrected chi connectivity index (χ1v) is 7.88. The van der Waals surface area contributed by atoms with Crippen molar-refractivity contribution >= 4 is 17.8 Å². The summed E-state index contributed by atoms with van der Waals surface area (Å²) in [4.78, 5) is 35.1. The van der Waals surface area contributed by atoms with Gasteiger partial charge in [0.2, 0.25) is 0 Å². The van der Waals surface area contributed by atoms with Gasteiger partial charge in [0.15, 0.2) is 6.61 Å². The number of amides is 2. The molecule has 2 amide bonds. The Morgan fingerprint density at radius 1 is 1.12 bits per heavy atom. The highest BCUT2D eigenvalue weighted by atomic mass is 16.5. The van der Waals surface area contributed by atoms with Crippen molar-refractivity contribution in [1.29, 1.82) is 0 Å². The third-order valence-corrected chi connectivity index (χ3v) is 3.58. The number of nitrogens with two attached hydrogens (primary N) is 1. The molecule has 132 valence electrons. The van der Waals surface area contributed by atoms with Gasteiger partial charge in [-0.2, -0.15) is 0 Å². The number of carbonyl (C=O) groups excluding carboxylic acids is 3. The molecule has 1 aromatic rings. The smallest absolute Gasteiger partial charge is 0.329 e. The van der Waals surface area contributed by atoms with Crippen LogP contribution in [0.15, 0.2) is 24.3 Å². The second kappa shape index (κ2) is 7.95. The largest absolute Gasteiger partial charge is 0.454 e. The van der Waals surface area contributed by atoms with Gasteiger partial charge in [-0.15, -0.1) is 0 Å². The van der Waals surface area contributed by atoms with E-state index in [4.69, 9.17) is 10.5 Å². The molecule has 0 saturated heterocycles. The third kappa shape index (κ3) is 5.68. The third-order valence-electron chi connectivity index (χ3n) is 3.58. The molecule has 0 aromatic heterocycles. The van der Waals surface area contributed by atoms with Crippen LogP contribution in [0.5, 0.6) is 0 Å². The van der Waals surface area contributed by atoms with Gasteiger partial charge in [0.1, 0.15) is 6.04 Å². The molecule has 0 aliphatic carbocycles. The van der Waals surface area contributed by atoms with Gasteiger partial charge in [0.25, 0.3) is 11.8 Å². The second-order valence-corrected chi connectivity index (χ2v) is 7.10. The highest BCUT2D eigenvalue weighted by molar-refractivity contribution is 5.97. The molecule has 0 unspecified atom stereocenters. The van der Waals surface area contributed by atoms with Crippen LogP contribution in [-0.2, 0) is 19.7 Å². The van der Waals surface area contributed by atoms with Gasteiger partial charge in [-0.1, -0.05) is 46.8 Å². The maximum atomic E-state index is 12.4. The van der Waals surface area contributed by atoms with E-state index in [0.717, 1.165) is 5.56 Å². The lowest BCUT2D eigenvalue weighted by molar-refractivity contribution is -0.150. The molecule has 0 radical (unpaired) electrons. The Kier molecular flexibility index (Phi) is 6.51. The van der Waals surface area contributed by atoms with E-state index in [1.807, 2.05) is 12.1 Å². The normalized spacial score (nSPS) is 12.6. The zero-order valence-corrected chi connectivity index (χ0v) is 14.9. The highest BCUT2D eigenvalue weighted by Gasteiger charge is 2.26. The van der Waals surface area contributed by atoms with E-state index < -0.39 is 24.5 Å². The van der Waals surface area contributed by atoms with Crippen molar-refractivity contribution < 1.29 is 19.1 Å². The monoisotopic (exact) mass is 334 g/mol. The zero-order chi connectivity index (χ0) is 18.5. The lowest BCUT2D eigenvalue weighted by Gasteiger charge is -2.21. The number of primary amides is 1. The van der Waals surface area contributed by atoms with E-state index in [1.54, 1.807) is 26.0 Å². The molecule has 0 aliphatic rings. The molecular formula is C18H26N2O4. The lowest BCUT2D eigenvalue weighted by atomic mass is 9.86. The average molecular weight is 334 g/mol. The van der Waals surface area contributed by atoms with Crippen LogP contribution in [0.25, 0.3) is 0 Å². The quantitative estimate of drug-likeness (QED) is 0.775. The van der Waals surface area contributed by atoms with Crippen LogP contribution in [0, 0.1) is 5.92 Å². The molecule has 0 saturated carbocycles. The molecule has 6 nitrogen and oxygen atoms in total. The highest BCUT2D eigenvalue weighted by Crippen LogP contribution is 2.22. The van der Waals surface area contributed by atoms with E-state index >= 15 is 0 Å². The van der Waals surface area contributed by atoms with Crippen LogP contribution in [-0.4, -0.2) is 30.4 Å². The fourth-order valence-corrected chi connectivity index (χ4v) is 2.08. The zero-order valence-electron chi connectivity index (χ0n) is 14.9. The van der Waals surface area contributed by atoms with E-state index in [2.05, 4.69) is 26.1 Å². The summed E-state index contributed by atoms with van der Waals surface area (Å²) in [6.07, 6.45) is 0. The van der Waals surface area contributed by atoms with Crippen molar-refractivity contribution in [3.8, 4) is 0 Å². The van der Waals surface area contributed by atoms with Crippen LogP contribution in [0.3, 0.4) is 0 Å². The molecule has 1 aromatic carbocycles. The van der Waals surface area contributed by atoms with Gasteiger partial charge in [0.05, 0.1) is 0 Å². The Labute approximate surface area is 142 Å². The predicted octanol–water partition coefficient (Wildman–Crippen LogP) is 1.77. The number of carbonyl (C=O) groups is 3. The van der Waals surface area contributed by atoms with Crippen LogP contribution >= 0.6 is 0 Å². The summed E-state index contributed by atoms with van der Waals surface area (Å²) in [6, 6.07) is 6.39. The van der Waals surface area contributed by atoms with E-state index in [-0.39, 0.29) is 17.2 Å². The minimum atomic E-state index is -0.848.